The normalized spacial score (nSPS) is 12.4. The lowest BCUT2D eigenvalue weighted by molar-refractivity contribution is 0.0727. The van der Waals surface area contributed by atoms with Crippen molar-refractivity contribution in [2.45, 2.75) is 6.10 Å². The predicted molar refractivity (Wildman–Crippen MR) is 51.2 cm³/mol. The van der Waals surface area contributed by atoms with Gasteiger partial charge in [-0.3, -0.25) is 4.79 Å². The molecule has 0 spiro atoms. The highest BCUT2D eigenvalue weighted by molar-refractivity contribution is 5.31. The van der Waals surface area contributed by atoms with E-state index in [2.05, 4.69) is 15.3 Å². The van der Waals surface area contributed by atoms with E-state index in [4.69, 9.17) is 4.74 Å². The van der Waals surface area contributed by atoms with E-state index >= 15 is 0 Å². The lowest BCUT2D eigenvalue weighted by atomic mass is 10.4. The monoisotopic (exact) mass is 199 g/mol. The van der Waals surface area contributed by atoms with Crippen molar-refractivity contribution in [2.24, 2.45) is 0 Å². The van der Waals surface area contributed by atoms with Crippen molar-refractivity contribution in [3.63, 3.8) is 0 Å². The fourth-order valence-corrected chi connectivity index (χ4v) is 0.939. The molecule has 6 nitrogen and oxygen atoms in total. The zero-order chi connectivity index (χ0) is 10.4. The van der Waals surface area contributed by atoms with E-state index in [1.165, 1.54) is 19.5 Å². The molecule has 1 rings (SSSR count). The van der Waals surface area contributed by atoms with Gasteiger partial charge in [0.15, 0.2) is 0 Å². The van der Waals surface area contributed by atoms with Crippen LogP contribution in [-0.4, -0.2) is 41.4 Å². The second-order valence-corrected chi connectivity index (χ2v) is 2.79. The summed E-state index contributed by atoms with van der Waals surface area (Å²) in [6.45, 7) is 0.542. The molecule has 0 fully saturated rings. The predicted octanol–water partition coefficient (Wildman–Crippen LogP) is -0.811. The van der Waals surface area contributed by atoms with Crippen molar-refractivity contribution in [3.8, 4) is 0 Å². The van der Waals surface area contributed by atoms with E-state index in [0.717, 1.165) is 0 Å². The molecule has 14 heavy (non-hydrogen) atoms. The lowest BCUT2D eigenvalue weighted by Gasteiger charge is -2.10. The summed E-state index contributed by atoms with van der Waals surface area (Å²) in [5, 5.41) is 12.1. The number of ether oxygens (including phenoxy) is 1. The molecule has 1 unspecified atom stereocenters. The number of hydrogen-bond acceptors (Lipinski definition) is 5. The number of hydrogen-bond donors (Lipinski definition) is 3. The summed E-state index contributed by atoms with van der Waals surface area (Å²) in [6.07, 6.45) is 0.689. The molecule has 3 N–H and O–H groups in total. The number of nitrogens with zero attached hydrogens (tertiary/aromatic N) is 1. The van der Waals surface area contributed by atoms with Crippen molar-refractivity contribution >= 4 is 5.82 Å². The van der Waals surface area contributed by atoms with Gasteiger partial charge in [-0.25, -0.2) is 4.98 Å². The summed E-state index contributed by atoms with van der Waals surface area (Å²) in [4.78, 5) is 17.1. The number of aromatic amines is 1. The largest absolute Gasteiger partial charge is 0.389 e. The zero-order valence-electron chi connectivity index (χ0n) is 7.86. The molecule has 0 aliphatic rings. The molecule has 1 aromatic rings. The maximum atomic E-state index is 10.8. The summed E-state index contributed by atoms with van der Waals surface area (Å²) in [6, 6.07) is 1.32. The summed E-state index contributed by atoms with van der Waals surface area (Å²) in [7, 11) is 1.51. The Morgan fingerprint density at radius 3 is 3.21 bits per heavy atom. The Balaban J connectivity index is 2.41. The average Bonchev–Trinajstić information content (AvgIpc) is 2.15. The molecule has 0 aliphatic heterocycles. The molecule has 0 amide bonds. The number of anilines is 1. The van der Waals surface area contributed by atoms with Gasteiger partial charge in [-0.2, -0.15) is 0 Å². The average molecular weight is 199 g/mol. The molecule has 1 aromatic heterocycles. The van der Waals surface area contributed by atoms with Gasteiger partial charge in [-0.1, -0.05) is 0 Å². The maximum absolute atomic E-state index is 10.8. The number of methoxy groups -OCH3 is 1. The van der Waals surface area contributed by atoms with Crippen molar-refractivity contribution < 1.29 is 9.84 Å². The van der Waals surface area contributed by atoms with Crippen LogP contribution in [0.2, 0.25) is 0 Å². The third-order valence-corrected chi connectivity index (χ3v) is 1.56. The molecule has 0 saturated carbocycles. The van der Waals surface area contributed by atoms with Crippen LogP contribution in [0.25, 0.3) is 0 Å². The van der Waals surface area contributed by atoms with Crippen molar-refractivity contribution in [1.82, 2.24) is 9.97 Å². The second kappa shape index (κ2) is 5.36. The third kappa shape index (κ3) is 3.55. The van der Waals surface area contributed by atoms with Crippen LogP contribution in [-0.2, 0) is 4.74 Å². The number of aliphatic hydroxyl groups is 1. The molecule has 1 heterocycles. The molecule has 78 valence electrons. The molecular formula is C8H13N3O3. The molecule has 0 bridgehead atoms. The van der Waals surface area contributed by atoms with Crippen LogP contribution in [0, 0.1) is 0 Å². The van der Waals surface area contributed by atoms with Crippen molar-refractivity contribution in [2.75, 3.05) is 25.6 Å². The van der Waals surface area contributed by atoms with Gasteiger partial charge in [0, 0.05) is 19.7 Å². The van der Waals surface area contributed by atoms with Gasteiger partial charge in [-0.15, -0.1) is 0 Å². The van der Waals surface area contributed by atoms with Crippen molar-refractivity contribution in [3.05, 3.63) is 22.7 Å². The first kappa shape index (κ1) is 10.7. The molecule has 0 aliphatic carbocycles. The van der Waals surface area contributed by atoms with Gasteiger partial charge in [0.2, 0.25) is 0 Å². The summed E-state index contributed by atoms with van der Waals surface area (Å²) in [5.74, 6) is 0.434. The first-order chi connectivity index (χ1) is 6.72. The van der Waals surface area contributed by atoms with Gasteiger partial charge < -0.3 is 20.1 Å². The van der Waals surface area contributed by atoms with Gasteiger partial charge in [0.25, 0.3) is 5.56 Å². The van der Waals surface area contributed by atoms with Crippen LogP contribution >= 0.6 is 0 Å². The highest BCUT2D eigenvalue weighted by Gasteiger charge is 2.02. The minimum Gasteiger partial charge on any atom is -0.389 e. The molecule has 0 saturated heterocycles. The molecule has 1 atom stereocenters. The Labute approximate surface area is 80.9 Å². The number of aliphatic hydroxyl groups excluding tert-OH is 1. The molecular weight excluding hydrogens is 186 g/mol. The number of H-pyrrole nitrogens is 1. The smallest absolute Gasteiger partial charge is 0.252 e. The topological polar surface area (TPSA) is 87.2 Å². The van der Waals surface area contributed by atoms with E-state index in [1.807, 2.05) is 0 Å². The first-order valence-corrected chi connectivity index (χ1v) is 4.18. The van der Waals surface area contributed by atoms with Crippen LogP contribution in [0.4, 0.5) is 5.82 Å². The minimum absolute atomic E-state index is 0.233. The Morgan fingerprint density at radius 1 is 1.79 bits per heavy atom. The van der Waals surface area contributed by atoms with Crippen LogP contribution in [0.1, 0.15) is 0 Å². The fourth-order valence-electron chi connectivity index (χ4n) is 0.939. The van der Waals surface area contributed by atoms with Crippen LogP contribution < -0.4 is 10.9 Å². The van der Waals surface area contributed by atoms with E-state index in [1.54, 1.807) is 0 Å². The molecule has 0 radical (unpaired) electrons. The Kier molecular flexibility index (Phi) is 4.09. The minimum atomic E-state index is -0.610. The second-order valence-electron chi connectivity index (χ2n) is 2.79. The summed E-state index contributed by atoms with van der Waals surface area (Å²) >= 11 is 0. The highest BCUT2D eigenvalue weighted by Crippen LogP contribution is 1.95. The highest BCUT2D eigenvalue weighted by atomic mass is 16.5. The fraction of sp³-hybridized carbons (Fsp3) is 0.500. The van der Waals surface area contributed by atoms with Crippen molar-refractivity contribution in [1.29, 1.82) is 0 Å². The SMILES string of the molecule is COCC(O)CNc1cc(=O)[nH]cn1. The lowest BCUT2D eigenvalue weighted by Crippen LogP contribution is -2.25. The molecule has 6 heteroatoms. The van der Waals surface area contributed by atoms with E-state index in [0.29, 0.717) is 12.4 Å². The standard InChI is InChI=1S/C8H13N3O3/c1-14-4-6(12)3-9-7-2-8(13)11-5-10-7/h2,5-6,12H,3-4H2,1H3,(H2,9,10,11,13). The van der Waals surface area contributed by atoms with Crippen LogP contribution in [0.5, 0.6) is 0 Å². The van der Waals surface area contributed by atoms with Gasteiger partial charge in [-0.05, 0) is 0 Å². The van der Waals surface area contributed by atoms with Crippen LogP contribution in [0.15, 0.2) is 17.2 Å². The maximum Gasteiger partial charge on any atom is 0.252 e. The summed E-state index contributed by atoms with van der Waals surface area (Å²) < 4.78 is 4.74. The zero-order valence-corrected chi connectivity index (χ0v) is 7.86. The van der Waals surface area contributed by atoms with Gasteiger partial charge in [0.1, 0.15) is 5.82 Å². The first-order valence-electron chi connectivity index (χ1n) is 4.18. The Morgan fingerprint density at radius 2 is 2.57 bits per heavy atom. The number of rotatable bonds is 5. The number of aromatic nitrogens is 2. The van der Waals surface area contributed by atoms with Gasteiger partial charge in [0.05, 0.1) is 19.0 Å². The van der Waals surface area contributed by atoms with E-state index in [9.17, 15) is 9.90 Å². The quantitative estimate of drug-likeness (QED) is 0.577. The van der Waals surface area contributed by atoms with E-state index < -0.39 is 6.10 Å². The van der Waals surface area contributed by atoms with Crippen LogP contribution in [0.3, 0.4) is 0 Å². The summed E-state index contributed by atoms with van der Waals surface area (Å²) in [5.41, 5.74) is -0.233. The third-order valence-electron chi connectivity index (χ3n) is 1.56. The van der Waals surface area contributed by atoms with Gasteiger partial charge >= 0.3 is 0 Å². The number of nitrogens with one attached hydrogen (secondary N) is 2. The Bertz CT molecular complexity index is 326. The Hall–Kier alpha value is -1.40. The molecule has 0 aromatic carbocycles. The van der Waals surface area contributed by atoms with E-state index in [-0.39, 0.29) is 12.2 Å².